The Morgan fingerprint density at radius 3 is 2.28 bits per heavy atom. The Kier molecular flexibility index (Phi) is 7.00. The molecular formula is C25H24F3N5O3. The molecule has 0 aliphatic heterocycles. The van der Waals surface area contributed by atoms with Gasteiger partial charge < -0.3 is 19.5 Å². The maximum Gasteiger partial charge on any atom is 0.435 e. The van der Waals surface area contributed by atoms with E-state index in [1.54, 1.807) is 56.8 Å². The van der Waals surface area contributed by atoms with Gasteiger partial charge in [0.15, 0.2) is 17.2 Å². The summed E-state index contributed by atoms with van der Waals surface area (Å²) >= 11 is 0. The summed E-state index contributed by atoms with van der Waals surface area (Å²) < 4.78 is 58.0. The van der Waals surface area contributed by atoms with Crippen molar-refractivity contribution in [2.75, 3.05) is 26.6 Å². The van der Waals surface area contributed by atoms with Crippen LogP contribution in [-0.2, 0) is 12.6 Å². The van der Waals surface area contributed by atoms with Gasteiger partial charge >= 0.3 is 6.18 Å². The molecule has 0 amide bonds. The molecular weight excluding hydrogens is 475 g/mol. The number of rotatable bonds is 8. The molecule has 2 heterocycles. The Morgan fingerprint density at radius 1 is 0.917 bits per heavy atom. The zero-order chi connectivity index (χ0) is 25.9. The Balaban J connectivity index is 1.67. The smallest absolute Gasteiger partial charge is 0.435 e. The van der Waals surface area contributed by atoms with E-state index in [0.717, 1.165) is 5.56 Å². The van der Waals surface area contributed by atoms with E-state index in [9.17, 15) is 13.2 Å². The monoisotopic (exact) mass is 499 g/mol. The van der Waals surface area contributed by atoms with E-state index < -0.39 is 11.9 Å². The number of benzene rings is 2. The summed E-state index contributed by atoms with van der Waals surface area (Å²) in [5, 5.41) is 6.85. The van der Waals surface area contributed by atoms with Crippen LogP contribution in [0.3, 0.4) is 0 Å². The zero-order valence-electron chi connectivity index (χ0n) is 20.1. The number of hydrogen-bond acceptors (Lipinski definition) is 7. The zero-order valence-corrected chi connectivity index (χ0v) is 20.1. The average Bonchev–Trinajstić information content (AvgIpc) is 3.20. The normalized spacial score (nSPS) is 11.3. The maximum absolute atomic E-state index is 13.7. The SMILES string of the molecule is COc1ccc(-n2nc(C(F)(F)F)c(C)c2Nc2ccnc(Cc3ccc(OC)c(OC)c3)n2)cc1. The predicted octanol–water partition coefficient (Wildman–Crippen LogP) is 5.35. The molecule has 0 aliphatic rings. The van der Waals surface area contributed by atoms with Crippen molar-refractivity contribution in [1.82, 2.24) is 19.7 Å². The Morgan fingerprint density at radius 2 is 1.64 bits per heavy atom. The first-order chi connectivity index (χ1) is 17.2. The molecule has 8 nitrogen and oxygen atoms in total. The van der Waals surface area contributed by atoms with Crippen LogP contribution in [0.2, 0.25) is 0 Å². The number of halogens is 3. The van der Waals surface area contributed by atoms with Crippen LogP contribution < -0.4 is 19.5 Å². The highest BCUT2D eigenvalue weighted by Gasteiger charge is 2.38. The molecule has 4 aromatic rings. The van der Waals surface area contributed by atoms with Crippen LogP contribution in [0, 0.1) is 6.92 Å². The summed E-state index contributed by atoms with van der Waals surface area (Å²) in [6.45, 7) is 1.36. The number of methoxy groups -OCH3 is 3. The minimum atomic E-state index is -4.62. The molecule has 0 saturated heterocycles. The van der Waals surface area contributed by atoms with Crippen molar-refractivity contribution in [2.24, 2.45) is 0 Å². The third-order valence-electron chi connectivity index (χ3n) is 5.47. The molecule has 36 heavy (non-hydrogen) atoms. The van der Waals surface area contributed by atoms with Crippen molar-refractivity contribution in [2.45, 2.75) is 19.5 Å². The lowest BCUT2D eigenvalue weighted by molar-refractivity contribution is -0.141. The topological polar surface area (TPSA) is 83.3 Å². The molecule has 4 rings (SSSR count). The summed E-state index contributed by atoms with van der Waals surface area (Å²) in [6, 6.07) is 13.6. The first kappa shape index (κ1) is 24.8. The second-order valence-electron chi connectivity index (χ2n) is 7.78. The quantitative estimate of drug-likeness (QED) is 0.350. The molecule has 0 atom stereocenters. The number of hydrogen-bond donors (Lipinski definition) is 1. The Bertz CT molecular complexity index is 1350. The molecule has 0 saturated carbocycles. The molecule has 2 aromatic carbocycles. The van der Waals surface area contributed by atoms with E-state index in [2.05, 4.69) is 20.4 Å². The molecule has 0 bridgehead atoms. The van der Waals surface area contributed by atoms with Gasteiger partial charge in [0.05, 0.1) is 27.0 Å². The summed E-state index contributed by atoms with van der Waals surface area (Å²) in [5.74, 6) is 2.68. The summed E-state index contributed by atoms with van der Waals surface area (Å²) in [4.78, 5) is 8.80. The molecule has 11 heteroatoms. The van der Waals surface area contributed by atoms with Gasteiger partial charge in [0.25, 0.3) is 0 Å². The molecule has 0 aliphatic carbocycles. The third-order valence-corrected chi connectivity index (χ3v) is 5.47. The Hall–Kier alpha value is -4.28. The first-order valence-electron chi connectivity index (χ1n) is 10.8. The van der Waals surface area contributed by atoms with E-state index >= 15 is 0 Å². The first-order valence-corrected chi connectivity index (χ1v) is 10.8. The predicted molar refractivity (Wildman–Crippen MR) is 128 cm³/mol. The van der Waals surface area contributed by atoms with Crippen molar-refractivity contribution >= 4 is 11.6 Å². The van der Waals surface area contributed by atoms with Gasteiger partial charge in [0.1, 0.15) is 23.2 Å². The summed E-state index contributed by atoms with van der Waals surface area (Å²) in [6.07, 6.45) is -2.71. The second kappa shape index (κ2) is 10.1. The van der Waals surface area contributed by atoms with E-state index in [0.29, 0.717) is 41.0 Å². The van der Waals surface area contributed by atoms with E-state index in [1.807, 2.05) is 12.1 Å². The van der Waals surface area contributed by atoms with Crippen LogP contribution in [0.15, 0.2) is 54.7 Å². The van der Waals surface area contributed by atoms with Crippen molar-refractivity contribution in [1.29, 1.82) is 0 Å². The largest absolute Gasteiger partial charge is 0.497 e. The third kappa shape index (κ3) is 5.19. The molecule has 0 fully saturated rings. The maximum atomic E-state index is 13.7. The molecule has 188 valence electrons. The number of ether oxygens (including phenoxy) is 3. The van der Waals surface area contributed by atoms with Crippen molar-refractivity contribution in [3.8, 4) is 22.9 Å². The van der Waals surface area contributed by atoms with Gasteiger partial charge in [-0.3, -0.25) is 0 Å². The fraction of sp³-hybridized carbons (Fsp3) is 0.240. The molecule has 2 aromatic heterocycles. The average molecular weight is 499 g/mol. The van der Waals surface area contributed by atoms with Crippen molar-refractivity contribution < 1.29 is 27.4 Å². The van der Waals surface area contributed by atoms with Gasteiger partial charge in [-0.15, -0.1) is 0 Å². The fourth-order valence-corrected chi connectivity index (χ4v) is 3.67. The van der Waals surface area contributed by atoms with E-state index in [1.165, 1.54) is 18.7 Å². The number of alkyl halides is 3. The molecule has 0 radical (unpaired) electrons. The number of nitrogens with one attached hydrogen (secondary N) is 1. The Labute approximate surface area is 205 Å². The minimum Gasteiger partial charge on any atom is -0.497 e. The van der Waals surface area contributed by atoms with Crippen molar-refractivity contribution in [3.05, 3.63) is 77.4 Å². The number of aromatic nitrogens is 4. The molecule has 1 N–H and O–H groups in total. The van der Waals surface area contributed by atoms with Gasteiger partial charge in [-0.2, -0.15) is 18.3 Å². The van der Waals surface area contributed by atoms with Crippen LogP contribution in [0.1, 0.15) is 22.6 Å². The lowest BCUT2D eigenvalue weighted by Gasteiger charge is -2.12. The highest BCUT2D eigenvalue weighted by atomic mass is 19.4. The van der Waals surface area contributed by atoms with Gasteiger partial charge in [-0.1, -0.05) is 6.07 Å². The minimum absolute atomic E-state index is 0.0571. The summed E-state index contributed by atoms with van der Waals surface area (Å²) in [5.41, 5.74) is 0.263. The second-order valence-corrected chi connectivity index (χ2v) is 7.78. The van der Waals surface area contributed by atoms with Crippen LogP contribution in [0.5, 0.6) is 17.2 Å². The van der Waals surface area contributed by atoms with E-state index in [-0.39, 0.29) is 11.4 Å². The lowest BCUT2D eigenvalue weighted by Crippen LogP contribution is -2.08. The van der Waals surface area contributed by atoms with Gasteiger partial charge in [0.2, 0.25) is 0 Å². The highest BCUT2D eigenvalue weighted by Crippen LogP contribution is 2.36. The lowest BCUT2D eigenvalue weighted by atomic mass is 10.1. The highest BCUT2D eigenvalue weighted by molar-refractivity contribution is 5.61. The number of nitrogens with zero attached hydrogens (tertiary/aromatic N) is 4. The van der Waals surface area contributed by atoms with Crippen LogP contribution in [-0.4, -0.2) is 41.1 Å². The van der Waals surface area contributed by atoms with E-state index in [4.69, 9.17) is 14.2 Å². The van der Waals surface area contributed by atoms with Gasteiger partial charge in [-0.25, -0.2) is 14.6 Å². The summed E-state index contributed by atoms with van der Waals surface area (Å²) in [7, 11) is 4.61. The molecule has 0 unspecified atom stereocenters. The number of anilines is 2. The van der Waals surface area contributed by atoms with Crippen LogP contribution in [0.25, 0.3) is 5.69 Å². The molecule has 0 spiro atoms. The van der Waals surface area contributed by atoms with Crippen molar-refractivity contribution in [3.63, 3.8) is 0 Å². The standard InChI is InChI=1S/C25H24F3N5O3/c1-15-23(25(26,27)28)32-33(17-6-8-18(34-2)9-7-17)24(15)31-21-11-12-29-22(30-21)14-16-5-10-19(35-3)20(13-16)36-4/h5-13H,14H2,1-4H3,(H,29,30,31). The van der Waals surface area contributed by atoms with Crippen LogP contribution >= 0.6 is 0 Å². The van der Waals surface area contributed by atoms with Gasteiger partial charge in [-0.05, 0) is 55.0 Å². The fourth-order valence-electron chi connectivity index (χ4n) is 3.67. The van der Waals surface area contributed by atoms with Crippen LogP contribution in [0.4, 0.5) is 24.8 Å². The van der Waals surface area contributed by atoms with Gasteiger partial charge in [0, 0.05) is 18.2 Å².